The van der Waals surface area contributed by atoms with Crippen LogP contribution in [0.25, 0.3) is 0 Å². The van der Waals surface area contributed by atoms with Gasteiger partial charge in [0, 0.05) is 0 Å². The molecule has 0 fully saturated rings. The van der Waals surface area contributed by atoms with E-state index in [2.05, 4.69) is 63.0 Å². The third-order valence-electron chi connectivity index (χ3n) is 4.36. The van der Waals surface area contributed by atoms with Crippen molar-refractivity contribution in [2.24, 2.45) is 0 Å². The van der Waals surface area contributed by atoms with E-state index in [0.717, 1.165) is 19.3 Å². The topological polar surface area (TPSA) is 12.0 Å². The SMILES string of the molecule is CCc1cc(CC)c(C(NC)c2cscc2C)c(CC)c1. The summed E-state index contributed by atoms with van der Waals surface area (Å²) in [6.07, 6.45) is 3.30. The van der Waals surface area contributed by atoms with Crippen molar-refractivity contribution in [3.63, 3.8) is 0 Å². The Morgan fingerprint density at radius 2 is 1.62 bits per heavy atom. The quantitative estimate of drug-likeness (QED) is 0.787. The van der Waals surface area contributed by atoms with Crippen molar-refractivity contribution in [3.8, 4) is 0 Å². The molecule has 114 valence electrons. The lowest BCUT2D eigenvalue weighted by Crippen LogP contribution is -2.21. The maximum Gasteiger partial charge on any atom is 0.0590 e. The maximum absolute atomic E-state index is 3.56. The Morgan fingerprint density at radius 3 is 2.00 bits per heavy atom. The summed E-state index contributed by atoms with van der Waals surface area (Å²) in [5.74, 6) is 0. The van der Waals surface area contributed by atoms with Gasteiger partial charge < -0.3 is 5.32 Å². The van der Waals surface area contributed by atoms with Gasteiger partial charge in [0.15, 0.2) is 0 Å². The van der Waals surface area contributed by atoms with Crippen LogP contribution in [0.2, 0.25) is 0 Å². The summed E-state index contributed by atoms with van der Waals surface area (Å²) in [4.78, 5) is 0. The molecule has 0 aliphatic carbocycles. The smallest absolute Gasteiger partial charge is 0.0590 e. The summed E-state index contributed by atoms with van der Waals surface area (Å²) in [5, 5.41) is 8.10. The first-order valence-corrected chi connectivity index (χ1v) is 8.94. The highest BCUT2D eigenvalue weighted by molar-refractivity contribution is 7.08. The maximum atomic E-state index is 3.56. The fourth-order valence-electron chi connectivity index (χ4n) is 3.13. The normalized spacial score (nSPS) is 12.6. The van der Waals surface area contributed by atoms with Crippen LogP contribution in [-0.2, 0) is 19.3 Å². The van der Waals surface area contributed by atoms with Crippen molar-refractivity contribution >= 4 is 11.3 Å². The molecule has 0 aliphatic heterocycles. The van der Waals surface area contributed by atoms with Gasteiger partial charge in [-0.3, -0.25) is 0 Å². The molecule has 1 unspecified atom stereocenters. The van der Waals surface area contributed by atoms with E-state index in [4.69, 9.17) is 0 Å². The largest absolute Gasteiger partial charge is 0.309 e. The summed E-state index contributed by atoms with van der Waals surface area (Å²) in [7, 11) is 2.08. The fraction of sp³-hybridized carbons (Fsp3) is 0.474. The van der Waals surface area contributed by atoms with Gasteiger partial charge in [-0.15, -0.1) is 0 Å². The molecule has 1 aromatic heterocycles. The number of nitrogens with one attached hydrogen (secondary N) is 1. The van der Waals surface area contributed by atoms with Crippen LogP contribution in [0.3, 0.4) is 0 Å². The minimum atomic E-state index is 0.312. The molecule has 0 aliphatic rings. The predicted octanol–water partition coefficient (Wildman–Crippen LogP) is 5.05. The van der Waals surface area contributed by atoms with E-state index >= 15 is 0 Å². The zero-order chi connectivity index (χ0) is 15.4. The van der Waals surface area contributed by atoms with E-state index in [1.807, 2.05) is 0 Å². The van der Waals surface area contributed by atoms with E-state index in [1.165, 1.54) is 33.4 Å². The summed E-state index contributed by atoms with van der Waals surface area (Å²) in [5.41, 5.74) is 8.78. The molecular weight excluding hydrogens is 274 g/mol. The number of benzene rings is 1. The first-order valence-electron chi connectivity index (χ1n) is 8.00. The molecule has 0 spiro atoms. The number of hydrogen-bond donors (Lipinski definition) is 1. The highest BCUT2D eigenvalue weighted by Gasteiger charge is 2.21. The van der Waals surface area contributed by atoms with Crippen LogP contribution in [0.5, 0.6) is 0 Å². The van der Waals surface area contributed by atoms with E-state index in [9.17, 15) is 0 Å². The van der Waals surface area contributed by atoms with E-state index < -0.39 is 0 Å². The van der Waals surface area contributed by atoms with Gasteiger partial charge in [-0.05, 0) is 77.4 Å². The molecule has 21 heavy (non-hydrogen) atoms. The molecule has 2 heteroatoms. The molecular formula is C19H27NS. The average Bonchev–Trinajstić information content (AvgIpc) is 2.94. The third-order valence-corrected chi connectivity index (χ3v) is 5.24. The molecule has 2 aromatic rings. The van der Waals surface area contributed by atoms with Crippen molar-refractivity contribution in [3.05, 3.63) is 56.3 Å². The van der Waals surface area contributed by atoms with Crippen LogP contribution < -0.4 is 5.32 Å². The number of hydrogen-bond acceptors (Lipinski definition) is 2. The molecule has 0 saturated heterocycles. The number of thiophene rings is 1. The van der Waals surface area contributed by atoms with Gasteiger partial charge in [-0.1, -0.05) is 32.9 Å². The zero-order valence-electron chi connectivity index (χ0n) is 13.9. The molecule has 0 radical (unpaired) electrons. The highest BCUT2D eigenvalue weighted by atomic mass is 32.1. The molecule has 0 amide bonds. The first-order chi connectivity index (χ1) is 10.2. The Hall–Kier alpha value is -1.12. The second-order valence-electron chi connectivity index (χ2n) is 5.62. The van der Waals surface area contributed by atoms with Crippen molar-refractivity contribution in [1.29, 1.82) is 0 Å². The molecule has 2 rings (SSSR count). The van der Waals surface area contributed by atoms with Crippen molar-refractivity contribution < 1.29 is 0 Å². The zero-order valence-corrected chi connectivity index (χ0v) is 14.7. The standard InChI is InChI=1S/C19H27NS/c1-6-14-9-15(7-2)18(16(8-3)10-14)19(20-5)17-12-21-11-13(17)4/h9-12,19-20H,6-8H2,1-5H3. The van der Waals surface area contributed by atoms with E-state index in [1.54, 1.807) is 11.3 Å². The van der Waals surface area contributed by atoms with Crippen LogP contribution in [0.15, 0.2) is 22.9 Å². The van der Waals surface area contributed by atoms with Gasteiger partial charge >= 0.3 is 0 Å². The van der Waals surface area contributed by atoms with Crippen molar-refractivity contribution in [2.45, 2.75) is 53.0 Å². The van der Waals surface area contributed by atoms with Gasteiger partial charge in [-0.25, -0.2) is 0 Å². The van der Waals surface area contributed by atoms with Gasteiger partial charge in [-0.2, -0.15) is 11.3 Å². The van der Waals surface area contributed by atoms with Crippen LogP contribution in [0.4, 0.5) is 0 Å². The first kappa shape index (κ1) is 16.3. The summed E-state index contributed by atoms with van der Waals surface area (Å²) >= 11 is 1.80. The Morgan fingerprint density at radius 1 is 1.00 bits per heavy atom. The van der Waals surface area contributed by atoms with Crippen molar-refractivity contribution in [2.75, 3.05) is 7.05 Å². The molecule has 0 saturated carbocycles. The molecule has 1 nitrogen and oxygen atoms in total. The fourth-order valence-corrected chi connectivity index (χ4v) is 4.01. The number of rotatable bonds is 6. The van der Waals surface area contributed by atoms with Gasteiger partial charge in [0.05, 0.1) is 6.04 Å². The molecule has 0 bridgehead atoms. The predicted molar refractivity (Wildman–Crippen MR) is 94.5 cm³/mol. The molecule has 1 heterocycles. The average molecular weight is 301 g/mol. The molecule has 1 aromatic carbocycles. The Labute approximate surface area is 133 Å². The second-order valence-corrected chi connectivity index (χ2v) is 6.36. The van der Waals surface area contributed by atoms with Crippen LogP contribution in [-0.4, -0.2) is 7.05 Å². The lowest BCUT2D eigenvalue weighted by Gasteiger charge is -2.24. The minimum absolute atomic E-state index is 0.312. The molecule has 1 N–H and O–H groups in total. The Bertz CT molecular complexity index is 572. The Balaban J connectivity index is 2.62. The van der Waals surface area contributed by atoms with Gasteiger partial charge in [0.2, 0.25) is 0 Å². The van der Waals surface area contributed by atoms with Crippen LogP contribution in [0.1, 0.15) is 60.2 Å². The third kappa shape index (κ3) is 3.22. The van der Waals surface area contributed by atoms with Gasteiger partial charge in [0.1, 0.15) is 0 Å². The van der Waals surface area contributed by atoms with E-state index in [0.29, 0.717) is 6.04 Å². The lowest BCUT2D eigenvalue weighted by atomic mass is 9.86. The summed E-state index contributed by atoms with van der Waals surface area (Å²) < 4.78 is 0. The Kier molecular flexibility index (Phi) is 5.60. The van der Waals surface area contributed by atoms with Crippen LogP contribution in [0, 0.1) is 6.92 Å². The molecule has 1 atom stereocenters. The highest BCUT2D eigenvalue weighted by Crippen LogP contribution is 2.33. The number of aryl methyl sites for hydroxylation is 4. The second kappa shape index (κ2) is 7.24. The minimum Gasteiger partial charge on any atom is -0.309 e. The van der Waals surface area contributed by atoms with Gasteiger partial charge in [0.25, 0.3) is 0 Å². The monoisotopic (exact) mass is 301 g/mol. The van der Waals surface area contributed by atoms with Crippen molar-refractivity contribution in [1.82, 2.24) is 5.32 Å². The summed E-state index contributed by atoms with van der Waals surface area (Å²) in [6.45, 7) is 9.00. The van der Waals surface area contributed by atoms with E-state index in [-0.39, 0.29) is 0 Å². The lowest BCUT2D eigenvalue weighted by molar-refractivity contribution is 0.674. The summed E-state index contributed by atoms with van der Waals surface area (Å²) in [6, 6.07) is 5.12. The van der Waals surface area contributed by atoms with Crippen LogP contribution >= 0.6 is 11.3 Å².